The van der Waals surface area contributed by atoms with Crippen LogP contribution < -0.4 is 4.74 Å². The van der Waals surface area contributed by atoms with E-state index in [4.69, 9.17) is 9.84 Å². The predicted molar refractivity (Wildman–Crippen MR) is 104 cm³/mol. The topological polar surface area (TPSA) is 69.6 Å². The lowest BCUT2D eigenvalue weighted by Gasteiger charge is -2.06. The fourth-order valence-corrected chi connectivity index (χ4v) is 4.05. The Hall–Kier alpha value is -3.26. The maximum atomic E-state index is 5.75. The van der Waals surface area contributed by atoms with Crippen LogP contribution in [0.4, 0.5) is 0 Å². The average Bonchev–Trinajstić information content (AvgIpc) is 3.34. The number of rotatable bonds is 4. The highest BCUT2D eigenvalue weighted by atomic mass is 32.1. The number of aryl methyl sites for hydroxylation is 1. The number of ether oxygens (including phenoxy) is 1. The first-order chi connectivity index (χ1) is 13.3. The number of benzene rings is 1. The molecule has 4 aromatic heterocycles. The van der Waals surface area contributed by atoms with Crippen LogP contribution in [0.3, 0.4) is 0 Å². The van der Waals surface area contributed by atoms with Gasteiger partial charge in [0.05, 0.1) is 17.9 Å². The van der Waals surface area contributed by atoms with E-state index in [1.54, 1.807) is 4.52 Å². The standard InChI is InChI=1S/C19H16N6OS/c1-3-26-14-9-5-4-8-13(14)18-23-25-17(21-22-19(25)27-18)16-12(2)20-15-10-6-7-11-24(15)16/h4-11H,3H2,1-2H3. The Morgan fingerprint density at radius 3 is 2.81 bits per heavy atom. The van der Waals surface area contributed by atoms with E-state index in [0.717, 1.165) is 38.3 Å². The maximum absolute atomic E-state index is 5.75. The van der Waals surface area contributed by atoms with Crippen molar-refractivity contribution in [1.82, 2.24) is 29.2 Å². The number of para-hydroxylation sites is 1. The highest BCUT2D eigenvalue weighted by molar-refractivity contribution is 7.19. The third-order valence-electron chi connectivity index (χ3n) is 4.32. The summed E-state index contributed by atoms with van der Waals surface area (Å²) in [4.78, 5) is 5.35. The van der Waals surface area contributed by atoms with Crippen LogP contribution in [0, 0.1) is 6.92 Å². The largest absolute Gasteiger partial charge is 0.493 e. The molecule has 0 saturated carbocycles. The van der Waals surface area contributed by atoms with Gasteiger partial charge in [0.25, 0.3) is 0 Å². The first-order valence-electron chi connectivity index (χ1n) is 8.64. The SMILES string of the molecule is CCOc1ccccc1-c1nn2c(-c3c(C)nc4ccccn34)nnc2s1. The summed E-state index contributed by atoms with van der Waals surface area (Å²) in [5, 5.41) is 14.3. The summed E-state index contributed by atoms with van der Waals surface area (Å²) in [6.07, 6.45) is 1.98. The molecule has 7 nitrogen and oxygen atoms in total. The number of fused-ring (bicyclic) bond motifs is 2. The van der Waals surface area contributed by atoms with Crippen molar-refractivity contribution < 1.29 is 4.74 Å². The van der Waals surface area contributed by atoms with E-state index in [1.165, 1.54) is 11.3 Å². The van der Waals surface area contributed by atoms with Crippen LogP contribution in [-0.4, -0.2) is 35.8 Å². The van der Waals surface area contributed by atoms with E-state index in [-0.39, 0.29) is 0 Å². The summed E-state index contributed by atoms with van der Waals surface area (Å²) >= 11 is 1.49. The van der Waals surface area contributed by atoms with Gasteiger partial charge in [-0.05, 0) is 38.1 Å². The fourth-order valence-electron chi connectivity index (χ4n) is 3.18. The van der Waals surface area contributed by atoms with Gasteiger partial charge in [-0.2, -0.15) is 9.61 Å². The summed E-state index contributed by atoms with van der Waals surface area (Å²) in [5.74, 6) is 1.50. The minimum absolute atomic E-state index is 0.605. The van der Waals surface area contributed by atoms with E-state index >= 15 is 0 Å². The molecule has 0 atom stereocenters. The van der Waals surface area contributed by atoms with Crippen molar-refractivity contribution in [2.45, 2.75) is 13.8 Å². The molecule has 1 aromatic carbocycles. The molecule has 0 unspecified atom stereocenters. The lowest BCUT2D eigenvalue weighted by molar-refractivity contribution is 0.341. The second-order valence-electron chi connectivity index (χ2n) is 6.03. The number of aromatic nitrogens is 6. The molecular weight excluding hydrogens is 360 g/mol. The molecular formula is C19H16N6OS. The molecule has 0 aliphatic rings. The molecule has 0 saturated heterocycles. The molecule has 8 heteroatoms. The molecule has 0 fully saturated rings. The molecule has 0 aliphatic heterocycles. The Morgan fingerprint density at radius 2 is 1.93 bits per heavy atom. The number of pyridine rings is 1. The normalized spacial score (nSPS) is 11.5. The summed E-state index contributed by atoms with van der Waals surface area (Å²) in [6.45, 7) is 4.55. The number of hydrogen-bond acceptors (Lipinski definition) is 6. The van der Waals surface area contributed by atoms with Crippen LogP contribution in [0.1, 0.15) is 12.6 Å². The van der Waals surface area contributed by atoms with Gasteiger partial charge in [-0.25, -0.2) is 4.98 Å². The van der Waals surface area contributed by atoms with Crippen molar-refractivity contribution in [3.05, 3.63) is 54.4 Å². The van der Waals surface area contributed by atoms with Crippen LogP contribution >= 0.6 is 11.3 Å². The predicted octanol–water partition coefficient (Wildman–Crippen LogP) is 3.87. The third-order valence-corrected chi connectivity index (χ3v) is 5.26. The zero-order chi connectivity index (χ0) is 18.4. The van der Waals surface area contributed by atoms with Gasteiger partial charge in [-0.15, -0.1) is 10.2 Å². The van der Waals surface area contributed by atoms with Gasteiger partial charge < -0.3 is 4.74 Å². The second kappa shape index (κ2) is 6.17. The van der Waals surface area contributed by atoms with Crippen molar-refractivity contribution in [1.29, 1.82) is 0 Å². The van der Waals surface area contributed by atoms with Crippen molar-refractivity contribution >= 4 is 21.9 Å². The zero-order valence-electron chi connectivity index (χ0n) is 14.8. The van der Waals surface area contributed by atoms with Crippen LogP contribution in [0.2, 0.25) is 0 Å². The molecule has 134 valence electrons. The van der Waals surface area contributed by atoms with Gasteiger partial charge in [0.15, 0.2) is 5.01 Å². The summed E-state index contributed by atoms with van der Waals surface area (Å²) in [6, 6.07) is 13.8. The molecule has 27 heavy (non-hydrogen) atoms. The van der Waals surface area contributed by atoms with Gasteiger partial charge >= 0.3 is 0 Å². The lowest BCUT2D eigenvalue weighted by atomic mass is 10.2. The summed E-state index contributed by atoms with van der Waals surface area (Å²) < 4.78 is 9.55. The first-order valence-corrected chi connectivity index (χ1v) is 9.46. The van der Waals surface area contributed by atoms with Crippen LogP contribution in [-0.2, 0) is 0 Å². The minimum atomic E-state index is 0.605. The third kappa shape index (κ3) is 2.48. The summed E-state index contributed by atoms with van der Waals surface area (Å²) in [7, 11) is 0. The van der Waals surface area contributed by atoms with E-state index in [2.05, 4.69) is 15.2 Å². The van der Waals surface area contributed by atoms with Gasteiger partial charge in [0, 0.05) is 6.20 Å². The van der Waals surface area contributed by atoms with E-state index < -0.39 is 0 Å². The van der Waals surface area contributed by atoms with E-state index in [9.17, 15) is 0 Å². The Bertz CT molecular complexity index is 1270. The second-order valence-corrected chi connectivity index (χ2v) is 6.99. The van der Waals surface area contributed by atoms with Gasteiger partial charge in [-0.3, -0.25) is 4.40 Å². The molecule has 0 radical (unpaired) electrons. The van der Waals surface area contributed by atoms with Gasteiger partial charge in [-0.1, -0.05) is 29.5 Å². The van der Waals surface area contributed by atoms with E-state index in [1.807, 2.05) is 66.9 Å². The molecule has 5 rings (SSSR count). The highest BCUT2D eigenvalue weighted by Crippen LogP contribution is 2.34. The molecule has 0 aliphatic carbocycles. The number of nitrogens with zero attached hydrogens (tertiary/aromatic N) is 6. The molecule has 0 bridgehead atoms. The van der Waals surface area contributed by atoms with Crippen molar-refractivity contribution in [3.63, 3.8) is 0 Å². The average molecular weight is 376 g/mol. The Morgan fingerprint density at radius 1 is 1.07 bits per heavy atom. The molecule has 5 aromatic rings. The van der Waals surface area contributed by atoms with Crippen molar-refractivity contribution in [2.75, 3.05) is 6.61 Å². The maximum Gasteiger partial charge on any atom is 0.235 e. The van der Waals surface area contributed by atoms with Gasteiger partial charge in [0.2, 0.25) is 10.8 Å². The fraction of sp³-hybridized carbons (Fsp3) is 0.158. The van der Waals surface area contributed by atoms with Gasteiger partial charge in [0.1, 0.15) is 17.1 Å². The Labute approximate surface area is 158 Å². The smallest absolute Gasteiger partial charge is 0.235 e. The zero-order valence-corrected chi connectivity index (χ0v) is 15.6. The number of hydrogen-bond donors (Lipinski definition) is 0. The Kier molecular flexibility index (Phi) is 3.64. The molecule has 0 amide bonds. The minimum Gasteiger partial charge on any atom is -0.493 e. The molecule has 0 N–H and O–H groups in total. The Balaban J connectivity index is 1.70. The monoisotopic (exact) mass is 376 g/mol. The lowest BCUT2D eigenvalue weighted by Crippen LogP contribution is -1.97. The first kappa shape index (κ1) is 16.0. The van der Waals surface area contributed by atoms with E-state index in [0.29, 0.717) is 12.4 Å². The molecule has 4 heterocycles. The van der Waals surface area contributed by atoms with Crippen molar-refractivity contribution in [2.24, 2.45) is 0 Å². The summed E-state index contributed by atoms with van der Waals surface area (Å²) in [5.41, 5.74) is 3.61. The van der Waals surface area contributed by atoms with Crippen LogP contribution in [0.15, 0.2) is 48.7 Å². The van der Waals surface area contributed by atoms with Crippen LogP contribution in [0.5, 0.6) is 5.75 Å². The number of imidazole rings is 1. The molecule has 0 spiro atoms. The highest BCUT2D eigenvalue weighted by Gasteiger charge is 2.20. The van der Waals surface area contributed by atoms with Crippen LogP contribution in [0.25, 0.3) is 32.7 Å². The quantitative estimate of drug-likeness (QED) is 0.476. The van der Waals surface area contributed by atoms with Crippen molar-refractivity contribution in [3.8, 4) is 27.8 Å².